The Morgan fingerprint density at radius 3 is 2.23 bits per heavy atom. The lowest BCUT2D eigenvalue weighted by Crippen LogP contribution is -2.00. The molecule has 0 aliphatic rings. The van der Waals surface area contributed by atoms with Crippen molar-refractivity contribution in [1.82, 2.24) is 0 Å². The topological polar surface area (TPSA) is 26.3 Å². The second kappa shape index (κ2) is 17.8. The van der Waals surface area contributed by atoms with Crippen LogP contribution in [0.25, 0.3) is 0 Å². The van der Waals surface area contributed by atoms with Gasteiger partial charge < -0.3 is 4.74 Å². The van der Waals surface area contributed by atoms with Gasteiger partial charge in [-0.25, -0.2) is 0 Å². The molecule has 2 nitrogen and oxygen atoms in total. The van der Waals surface area contributed by atoms with E-state index in [1.165, 1.54) is 64.7 Å². The highest BCUT2D eigenvalue weighted by molar-refractivity contribution is 5.65. The molecule has 0 radical (unpaired) electrons. The van der Waals surface area contributed by atoms with Gasteiger partial charge in [0.05, 0.1) is 6.61 Å². The average molecular weight is 306 g/mol. The minimum atomic E-state index is -0.167. The van der Waals surface area contributed by atoms with Crippen molar-refractivity contribution in [1.29, 1.82) is 0 Å². The van der Waals surface area contributed by atoms with Crippen LogP contribution in [0.4, 0.5) is 0 Å². The first-order chi connectivity index (χ1) is 10.8. The predicted molar refractivity (Wildman–Crippen MR) is 94.6 cm³/mol. The van der Waals surface area contributed by atoms with Crippen LogP contribution in [0, 0.1) is 11.8 Å². The maximum atomic E-state index is 10.6. The van der Waals surface area contributed by atoms with E-state index in [4.69, 9.17) is 4.74 Å². The van der Waals surface area contributed by atoms with E-state index in [-0.39, 0.29) is 5.97 Å². The Morgan fingerprint density at radius 1 is 0.955 bits per heavy atom. The molecule has 2 heteroatoms. The average Bonchev–Trinajstić information content (AvgIpc) is 2.50. The van der Waals surface area contributed by atoms with Crippen molar-refractivity contribution in [3.63, 3.8) is 0 Å². The van der Waals surface area contributed by atoms with Crippen molar-refractivity contribution in [2.75, 3.05) is 6.61 Å². The Kier molecular flexibility index (Phi) is 16.8. The van der Waals surface area contributed by atoms with Gasteiger partial charge in [-0.1, -0.05) is 76.2 Å². The van der Waals surface area contributed by atoms with E-state index >= 15 is 0 Å². The van der Waals surface area contributed by atoms with E-state index in [9.17, 15) is 4.79 Å². The third-order valence-corrected chi connectivity index (χ3v) is 3.53. The van der Waals surface area contributed by atoms with Gasteiger partial charge in [0, 0.05) is 13.3 Å². The van der Waals surface area contributed by atoms with Gasteiger partial charge in [-0.15, -0.1) is 0 Å². The molecular weight excluding hydrogens is 272 g/mol. The molecule has 0 aromatic heterocycles. The fourth-order valence-corrected chi connectivity index (χ4v) is 2.19. The van der Waals surface area contributed by atoms with E-state index in [0.717, 1.165) is 19.3 Å². The molecule has 0 aliphatic heterocycles. The molecule has 0 aromatic carbocycles. The van der Waals surface area contributed by atoms with Gasteiger partial charge in [-0.2, -0.15) is 0 Å². The molecule has 0 fully saturated rings. The van der Waals surface area contributed by atoms with Crippen molar-refractivity contribution >= 4 is 5.97 Å². The zero-order chi connectivity index (χ0) is 16.3. The number of hydrogen-bond acceptors (Lipinski definition) is 2. The maximum absolute atomic E-state index is 10.6. The molecule has 22 heavy (non-hydrogen) atoms. The molecule has 0 N–H and O–H groups in total. The summed E-state index contributed by atoms with van der Waals surface area (Å²) in [6.07, 6.45) is 18.8. The summed E-state index contributed by atoms with van der Waals surface area (Å²) in [4.78, 5) is 10.6. The molecular formula is C20H34O2. The van der Waals surface area contributed by atoms with Gasteiger partial charge in [-0.05, 0) is 25.3 Å². The first-order valence-corrected chi connectivity index (χ1v) is 9.04. The predicted octanol–water partition coefficient (Wildman–Crippen LogP) is 5.81. The van der Waals surface area contributed by atoms with E-state index in [2.05, 4.69) is 24.8 Å². The summed E-state index contributed by atoms with van der Waals surface area (Å²) in [7, 11) is 0. The van der Waals surface area contributed by atoms with Crippen molar-refractivity contribution < 1.29 is 9.53 Å². The van der Waals surface area contributed by atoms with Gasteiger partial charge in [-0.3, -0.25) is 4.79 Å². The normalized spacial score (nSPS) is 10.5. The van der Waals surface area contributed by atoms with Gasteiger partial charge in [0.2, 0.25) is 0 Å². The van der Waals surface area contributed by atoms with Crippen LogP contribution >= 0.6 is 0 Å². The number of carbonyl (C=O) groups is 1. The van der Waals surface area contributed by atoms with E-state index in [1.54, 1.807) is 0 Å². The Labute approximate surface area is 137 Å². The van der Waals surface area contributed by atoms with Gasteiger partial charge in [0.15, 0.2) is 0 Å². The summed E-state index contributed by atoms with van der Waals surface area (Å²) in [6, 6.07) is 0. The lowest BCUT2D eigenvalue weighted by molar-refractivity contribution is -0.141. The van der Waals surface area contributed by atoms with Crippen molar-refractivity contribution in [3.8, 4) is 11.8 Å². The van der Waals surface area contributed by atoms with Gasteiger partial charge in [0.25, 0.3) is 0 Å². The number of unbranched alkanes of at least 4 members (excludes halogenated alkanes) is 10. The van der Waals surface area contributed by atoms with Crippen LogP contribution in [0.2, 0.25) is 0 Å². The number of allylic oxidation sites excluding steroid dienone is 2. The number of ether oxygens (including phenoxy) is 1. The lowest BCUT2D eigenvalue weighted by Gasteiger charge is -2.02. The standard InChI is InChI=1S/C20H34O2/c1-3-4-5-6-7-8-9-10-11-12-13-14-15-16-17-18-19-22-20(2)21/h6-7H,3-5,10-19H2,1-2H3. The molecule has 0 rings (SSSR count). The number of esters is 1. The van der Waals surface area contributed by atoms with Crippen LogP contribution < -0.4 is 0 Å². The van der Waals surface area contributed by atoms with Crippen LogP contribution in [0.5, 0.6) is 0 Å². The van der Waals surface area contributed by atoms with Gasteiger partial charge >= 0.3 is 5.97 Å². The van der Waals surface area contributed by atoms with Crippen molar-refractivity contribution in [2.45, 2.75) is 90.9 Å². The fourth-order valence-electron chi connectivity index (χ4n) is 2.19. The maximum Gasteiger partial charge on any atom is 0.302 e. The summed E-state index contributed by atoms with van der Waals surface area (Å²) >= 11 is 0. The highest BCUT2D eigenvalue weighted by atomic mass is 16.5. The zero-order valence-electron chi connectivity index (χ0n) is 14.7. The number of rotatable bonds is 13. The van der Waals surface area contributed by atoms with Crippen LogP contribution in [0.15, 0.2) is 12.2 Å². The lowest BCUT2D eigenvalue weighted by atomic mass is 10.1. The second-order valence-electron chi connectivity index (χ2n) is 5.78. The number of carbonyl (C=O) groups excluding carboxylic acids is 1. The third-order valence-electron chi connectivity index (χ3n) is 3.53. The van der Waals surface area contributed by atoms with E-state index in [1.807, 2.05) is 6.08 Å². The Morgan fingerprint density at radius 2 is 1.59 bits per heavy atom. The molecule has 0 saturated heterocycles. The highest BCUT2D eigenvalue weighted by Crippen LogP contribution is 2.09. The molecule has 0 unspecified atom stereocenters. The molecule has 0 bridgehead atoms. The first-order valence-electron chi connectivity index (χ1n) is 9.04. The monoisotopic (exact) mass is 306 g/mol. The molecule has 0 atom stereocenters. The molecule has 0 amide bonds. The van der Waals surface area contributed by atoms with Crippen LogP contribution in [-0.4, -0.2) is 12.6 Å². The Bertz CT molecular complexity index is 333. The van der Waals surface area contributed by atoms with E-state index in [0.29, 0.717) is 6.61 Å². The summed E-state index contributed by atoms with van der Waals surface area (Å²) in [6.45, 7) is 4.26. The molecule has 0 saturated carbocycles. The van der Waals surface area contributed by atoms with Crippen LogP contribution in [-0.2, 0) is 9.53 Å². The largest absolute Gasteiger partial charge is 0.466 e. The molecule has 0 spiro atoms. The number of hydrogen-bond donors (Lipinski definition) is 0. The smallest absolute Gasteiger partial charge is 0.302 e. The molecule has 0 aromatic rings. The fraction of sp³-hybridized carbons (Fsp3) is 0.750. The summed E-state index contributed by atoms with van der Waals surface area (Å²) in [5, 5.41) is 0. The second-order valence-corrected chi connectivity index (χ2v) is 5.78. The molecule has 0 heterocycles. The van der Waals surface area contributed by atoms with E-state index < -0.39 is 0 Å². The van der Waals surface area contributed by atoms with Crippen molar-refractivity contribution in [2.24, 2.45) is 0 Å². The molecule has 0 aliphatic carbocycles. The van der Waals surface area contributed by atoms with Gasteiger partial charge in [0.1, 0.15) is 0 Å². The SMILES string of the molecule is CCCCC=CC#CCCCCCCCCCCOC(C)=O. The summed E-state index contributed by atoms with van der Waals surface area (Å²) in [5.41, 5.74) is 0. The summed E-state index contributed by atoms with van der Waals surface area (Å²) in [5.74, 6) is 6.17. The molecule has 126 valence electrons. The highest BCUT2D eigenvalue weighted by Gasteiger charge is 1.94. The first kappa shape index (κ1) is 20.8. The Hall–Kier alpha value is -1.23. The van der Waals surface area contributed by atoms with Crippen LogP contribution in [0.1, 0.15) is 90.9 Å². The minimum Gasteiger partial charge on any atom is -0.466 e. The van der Waals surface area contributed by atoms with Crippen LogP contribution in [0.3, 0.4) is 0 Å². The van der Waals surface area contributed by atoms with Crippen molar-refractivity contribution in [3.05, 3.63) is 12.2 Å². The zero-order valence-corrected chi connectivity index (χ0v) is 14.7. The minimum absolute atomic E-state index is 0.167. The quantitative estimate of drug-likeness (QED) is 0.244. The summed E-state index contributed by atoms with van der Waals surface area (Å²) < 4.78 is 4.90. The Balaban J connectivity index is 3.16. The third kappa shape index (κ3) is 18.8.